The maximum absolute atomic E-state index is 14.0. The van der Waals surface area contributed by atoms with Crippen LogP contribution in [0.2, 0.25) is 0 Å². The van der Waals surface area contributed by atoms with Crippen LogP contribution in [0.25, 0.3) is 5.69 Å². The van der Waals surface area contributed by atoms with Crippen molar-refractivity contribution in [3.8, 4) is 11.4 Å². The Morgan fingerprint density at radius 2 is 1.71 bits per heavy atom. The first kappa shape index (κ1) is 27.6. The van der Waals surface area contributed by atoms with E-state index in [-0.39, 0.29) is 29.3 Å². The zero-order chi connectivity index (χ0) is 28.0. The van der Waals surface area contributed by atoms with E-state index in [1.165, 1.54) is 11.8 Å². The highest BCUT2D eigenvalue weighted by Crippen LogP contribution is 2.44. The van der Waals surface area contributed by atoms with Crippen LogP contribution in [0.5, 0.6) is 5.75 Å². The largest absolute Gasteiger partial charge is 0.420 e. The summed E-state index contributed by atoms with van der Waals surface area (Å²) in [5.41, 5.74) is -5.71. The highest BCUT2D eigenvalue weighted by molar-refractivity contribution is 7.99. The molecule has 0 radical (unpaired) electrons. The number of alkyl halides is 6. The van der Waals surface area contributed by atoms with Gasteiger partial charge in [-0.05, 0) is 36.4 Å². The van der Waals surface area contributed by atoms with Crippen LogP contribution in [0.4, 0.5) is 41.2 Å². The molecule has 2 aromatic carbocycles. The van der Waals surface area contributed by atoms with Gasteiger partial charge in [0.15, 0.2) is 5.75 Å². The van der Waals surface area contributed by atoms with Crippen LogP contribution in [0.3, 0.4) is 0 Å². The molecule has 4 rings (SSSR count). The lowest BCUT2D eigenvalue weighted by Crippen LogP contribution is -2.33. The van der Waals surface area contributed by atoms with Gasteiger partial charge < -0.3 is 9.84 Å². The van der Waals surface area contributed by atoms with Crippen molar-refractivity contribution in [2.24, 2.45) is 0 Å². The average Bonchev–Trinajstić information content (AvgIpc) is 3.42. The van der Waals surface area contributed by atoms with Crippen LogP contribution in [-0.2, 0) is 12.4 Å². The van der Waals surface area contributed by atoms with Crippen molar-refractivity contribution < 1.29 is 45.4 Å². The van der Waals surface area contributed by atoms with Crippen molar-refractivity contribution in [1.82, 2.24) is 9.13 Å². The lowest BCUT2D eigenvalue weighted by Gasteiger charge is -2.22. The number of aliphatic hydroxyl groups excluding tert-OH is 1. The Bertz CT molecular complexity index is 1400. The molecule has 1 fully saturated rings. The molecule has 204 valence electrons. The quantitative estimate of drug-likeness (QED) is 0.446. The molecule has 0 spiro atoms. The number of ether oxygens (including phenoxy) is 1. The highest BCUT2D eigenvalue weighted by atomic mass is 32.2. The van der Waals surface area contributed by atoms with Crippen LogP contribution >= 0.6 is 11.8 Å². The fourth-order valence-electron chi connectivity index (χ4n) is 3.82. The van der Waals surface area contributed by atoms with E-state index in [9.17, 15) is 45.4 Å². The minimum atomic E-state index is -5.43. The molecule has 1 aliphatic heterocycles. The highest BCUT2D eigenvalue weighted by Gasteiger charge is 2.42. The first-order valence-corrected chi connectivity index (χ1v) is 11.9. The van der Waals surface area contributed by atoms with Crippen LogP contribution in [0.1, 0.15) is 17.2 Å². The van der Waals surface area contributed by atoms with Crippen molar-refractivity contribution in [3.63, 3.8) is 0 Å². The molecule has 0 aliphatic carbocycles. The van der Waals surface area contributed by atoms with Crippen molar-refractivity contribution in [2.75, 3.05) is 23.5 Å². The number of hydrogen-bond acceptors (Lipinski definition) is 5. The molecule has 2 heterocycles. The molecule has 1 amide bonds. The molecule has 0 saturated carbocycles. The lowest BCUT2D eigenvalue weighted by molar-refractivity contribution is -0.143. The molecule has 1 N–H and O–H groups in total. The number of rotatable bonds is 4. The number of aliphatic hydroxyl groups is 1. The first-order valence-electron chi connectivity index (χ1n) is 10.8. The van der Waals surface area contributed by atoms with Gasteiger partial charge in [-0.2, -0.15) is 38.1 Å². The smallest absolute Gasteiger partial charge is 0.407 e. The van der Waals surface area contributed by atoms with Gasteiger partial charge in [-0.15, -0.1) is 0 Å². The van der Waals surface area contributed by atoms with E-state index in [0.717, 1.165) is 48.3 Å². The van der Waals surface area contributed by atoms with E-state index in [2.05, 4.69) is 0 Å². The number of nitrogens with zero attached hydrogens (tertiary/aromatic N) is 3. The van der Waals surface area contributed by atoms with E-state index >= 15 is 0 Å². The zero-order valence-electron chi connectivity index (χ0n) is 19.3. The summed E-state index contributed by atoms with van der Waals surface area (Å²) in [6.45, 7) is 0. The van der Waals surface area contributed by atoms with Gasteiger partial charge >= 0.3 is 24.1 Å². The number of aromatic nitrogens is 2. The molecular formula is C23H18F7N3O4S. The maximum atomic E-state index is 14.0. The monoisotopic (exact) mass is 565 g/mol. The summed E-state index contributed by atoms with van der Waals surface area (Å²) in [6, 6.07) is 3.49. The fourth-order valence-corrected chi connectivity index (χ4v) is 5.05. The van der Waals surface area contributed by atoms with Crippen LogP contribution in [0.15, 0.2) is 53.6 Å². The van der Waals surface area contributed by atoms with Gasteiger partial charge in [0.1, 0.15) is 11.4 Å². The number of benzene rings is 2. The van der Waals surface area contributed by atoms with Gasteiger partial charge in [0.05, 0.1) is 23.4 Å². The van der Waals surface area contributed by atoms with E-state index in [0.29, 0.717) is 9.47 Å². The van der Waals surface area contributed by atoms with Crippen molar-refractivity contribution in [2.45, 2.75) is 24.5 Å². The molecule has 1 aliphatic rings. The van der Waals surface area contributed by atoms with Gasteiger partial charge in [0.25, 0.3) is 0 Å². The second kappa shape index (κ2) is 10.0. The van der Waals surface area contributed by atoms with Gasteiger partial charge in [-0.3, -0.25) is 14.0 Å². The Morgan fingerprint density at radius 3 is 2.26 bits per heavy atom. The Balaban J connectivity index is 1.88. The van der Waals surface area contributed by atoms with Crippen LogP contribution in [0, 0.1) is 5.82 Å². The predicted octanol–water partition coefficient (Wildman–Crippen LogP) is 5.10. The molecule has 3 aromatic rings. The number of halogens is 7. The van der Waals surface area contributed by atoms with E-state index in [1.54, 1.807) is 0 Å². The van der Waals surface area contributed by atoms with Crippen molar-refractivity contribution >= 4 is 23.5 Å². The Labute approximate surface area is 214 Å². The second-order valence-corrected chi connectivity index (χ2v) is 9.38. The fraction of sp³-hybridized carbons (Fsp3) is 0.304. The molecule has 7 nitrogen and oxygen atoms in total. The maximum Gasteiger partial charge on any atom is 0.420 e. The normalized spacial score (nSPS) is 18.0. The SMILES string of the molecule is CN(C(=O)Oc1c(-n2ccn(C3CSCC3O)c2=O)cc(C(F)(F)F)cc1C(F)(F)F)c1ccc(F)cc1. The third kappa shape index (κ3) is 5.38. The number of amides is 1. The minimum Gasteiger partial charge on any atom is -0.407 e. The number of thioether (sulfide) groups is 1. The summed E-state index contributed by atoms with van der Waals surface area (Å²) in [5.74, 6) is -1.44. The topological polar surface area (TPSA) is 76.7 Å². The van der Waals surface area contributed by atoms with E-state index in [1.807, 2.05) is 0 Å². The number of anilines is 1. The molecule has 38 heavy (non-hydrogen) atoms. The summed E-state index contributed by atoms with van der Waals surface area (Å²) >= 11 is 1.31. The van der Waals surface area contributed by atoms with Crippen LogP contribution in [-0.4, -0.2) is 45.0 Å². The summed E-state index contributed by atoms with van der Waals surface area (Å²) in [6.07, 6.45) is -11.0. The standard InChI is InChI=1S/C23H18F7N3O4S/c1-31(14-4-2-13(24)3-5-14)21(36)37-19-15(23(28,29)30)8-12(22(25,26)27)9-16(19)32-6-7-33(20(32)35)17-10-38-11-18(17)34/h2-9,17-18,34H,10-11H2,1H3. The summed E-state index contributed by atoms with van der Waals surface area (Å²) < 4.78 is 102. The molecule has 1 aromatic heterocycles. The summed E-state index contributed by atoms with van der Waals surface area (Å²) in [4.78, 5) is 26.6. The summed E-state index contributed by atoms with van der Waals surface area (Å²) in [7, 11) is 1.09. The third-order valence-electron chi connectivity index (χ3n) is 5.82. The molecule has 1 saturated heterocycles. The number of imidazole rings is 1. The third-order valence-corrected chi connectivity index (χ3v) is 6.98. The molecule has 0 bridgehead atoms. The molecule has 2 atom stereocenters. The van der Waals surface area contributed by atoms with E-state index in [4.69, 9.17) is 4.74 Å². The predicted molar refractivity (Wildman–Crippen MR) is 123 cm³/mol. The number of carbonyl (C=O) groups is 1. The summed E-state index contributed by atoms with van der Waals surface area (Å²) in [5, 5.41) is 10.1. The second-order valence-electron chi connectivity index (χ2n) is 8.30. The van der Waals surface area contributed by atoms with Gasteiger partial charge in [0.2, 0.25) is 0 Å². The molecule has 2 unspecified atom stereocenters. The van der Waals surface area contributed by atoms with E-state index < -0.39 is 64.7 Å². The lowest BCUT2D eigenvalue weighted by atomic mass is 10.1. The zero-order valence-corrected chi connectivity index (χ0v) is 20.1. The van der Waals surface area contributed by atoms with Gasteiger partial charge in [-0.25, -0.2) is 14.0 Å². The average molecular weight is 565 g/mol. The molecule has 15 heteroatoms. The van der Waals surface area contributed by atoms with Crippen molar-refractivity contribution in [1.29, 1.82) is 0 Å². The minimum absolute atomic E-state index is 0.00876. The van der Waals surface area contributed by atoms with Crippen molar-refractivity contribution in [3.05, 3.63) is 76.2 Å². The Hall–Kier alpha value is -3.46. The Kier molecular flexibility index (Phi) is 7.27. The van der Waals surface area contributed by atoms with Gasteiger partial charge in [0, 0.05) is 36.6 Å². The number of carbonyl (C=O) groups excluding carboxylic acids is 1. The Morgan fingerprint density at radius 1 is 1.05 bits per heavy atom. The molecular weight excluding hydrogens is 547 g/mol. The number of hydrogen-bond donors (Lipinski definition) is 1. The van der Waals surface area contributed by atoms with Crippen LogP contribution < -0.4 is 15.3 Å². The first-order chi connectivity index (χ1) is 17.7. The van der Waals surface area contributed by atoms with Gasteiger partial charge in [-0.1, -0.05) is 0 Å².